The number of rotatable bonds is 5. The van der Waals surface area contributed by atoms with Gasteiger partial charge in [0.25, 0.3) is 5.91 Å². The number of imidazole rings is 1. The van der Waals surface area contributed by atoms with Crippen LogP contribution in [0.1, 0.15) is 35.1 Å². The molecule has 0 saturated carbocycles. The van der Waals surface area contributed by atoms with Crippen molar-refractivity contribution >= 4 is 17.1 Å². The average molecular weight is 447 g/mol. The molecule has 10 heteroatoms. The Morgan fingerprint density at radius 3 is 2.85 bits per heavy atom. The van der Waals surface area contributed by atoms with E-state index in [-0.39, 0.29) is 12.0 Å². The summed E-state index contributed by atoms with van der Waals surface area (Å²) in [5.41, 5.74) is 4.76. The van der Waals surface area contributed by atoms with Gasteiger partial charge in [0.15, 0.2) is 11.2 Å². The van der Waals surface area contributed by atoms with Gasteiger partial charge in [0.2, 0.25) is 5.88 Å². The van der Waals surface area contributed by atoms with E-state index in [9.17, 15) is 4.79 Å². The molecule has 0 aliphatic carbocycles. The van der Waals surface area contributed by atoms with Gasteiger partial charge in [-0.3, -0.25) is 14.5 Å². The van der Waals surface area contributed by atoms with Crippen LogP contribution in [-0.2, 0) is 13.6 Å². The Bertz CT molecular complexity index is 1340. The highest BCUT2D eigenvalue weighted by molar-refractivity contribution is 5.94. The Kier molecular flexibility index (Phi) is 5.27. The molecule has 0 N–H and O–H groups in total. The molecule has 4 aromatic heterocycles. The molecule has 170 valence electrons. The minimum absolute atomic E-state index is 0.0111. The van der Waals surface area contributed by atoms with Crippen molar-refractivity contribution in [2.24, 2.45) is 7.05 Å². The second-order valence-corrected chi connectivity index (χ2v) is 8.27. The fourth-order valence-electron chi connectivity index (χ4n) is 4.32. The molecule has 5 rings (SSSR count). The molecule has 0 bridgehead atoms. The number of amides is 1. The predicted molar refractivity (Wildman–Crippen MR) is 122 cm³/mol. The summed E-state index contributed by atoms with van der Waals surface area (Å²) in [6.07, 6.45) is 5.54. The van der Waals surface area contributed by atoms with Crippen LogP contribution in [0, 0.1) is 13.8 Å². The molecule has 1 aliphatic heterocycles. The molecular formula is C23H26N8O2. The Labute approximate surface area is 191 Å². The van der Waals surface area contributed by atoms with Crippen LogP contribution in [0.3, 0.4) is 0 Å². The number of pyridine rings is 1. The van der Waals surface area contributed by atoms with Gasteiger partial charge in [0, 0.05) is 49.7 Å². The lowest BCUT2D eigenvalue weighted by Gasteiger charge is -2.17. The number of nitrogens with zero attached hydrogens (tertiary/aromatic N) is 8. The first-order valence-corrected chi connectivity index (χ1v) is 11.0. The van der Waals surface area contributed by atoms with Gasteiger partial charge in [-0.15, -0.1) is 0 Å². The summed E-state index contributed by atoms with van der Waals surface area (Å²) < 4.78 is 10.1. The zero-order chi connectivity index (χ0) is 23.1. The first-order chi connectivity index (χ1) is 16.0. The van der Waals surface area contributed by atoms with E-state index in [1.54, 1.807) is 12.3 Å². The van der Waals surface area contributed by atoms with Crippen molar-refractivity contribution in [1.82, 2.24) is 39.2 Å². The van der Waals surface area contributed by atoms with Crippen LogP contribution in [-0.4, -0.2) is 64.3 Å². The van der Waals surface area contributed by atoms with Crippen molar-refractivity contribution in [3.63, 3.8) is 0 Å². The van der Waals surface area contributed by atoms with Gasteiger partial charge < -0.3 is 14.2 Å². The van der Waals surface area contributed by atoms with E-state index in [1.165, 1.54) is 6.33 Å². The monoisotopic (exact) mass is 446 g/mol. The van der Waals surface area contributed by atoms with Crippen LogP contribution in [0.25, 0.3) is 22.6 Å². The Morgan fingerprint density at radius 1 is 1.24 bits per heavy atom. The normalized spacial score (nSPS) is 16.0. The molecule has 0 aromatic carbocycles. The van der Waals surface area contributed by atoms with E-state index < -0.39 is 0 Å². The van der Waals surface area contributed by atoms with Crippen molar-refractivity contribution < 1.29 is 9.53 Å². The van der Waals surface area contributed by atoms with Gasteiger partial charge in [-0.05, 0) is 32.9 Å². The Morgan fingerprint density at radius 2 is 2.09 bits per heavy atom. The number of aryl methyl sites for hydroxylation is 3. The lowest BCUT2D eigenvalue weighted by molar-refractivity contribution is 0.0771. The molecular weight excluding hydrogens is 420 g/mol. The van der Waals surface area contributed by atoms with Crippen molar-refractivity contribution in [1.29, 1.82) is 0 Å². The number of fused-ring (bicyclic) bond motifs is 1. The highest BCUT2D eigenvalue weighted by Crippen LogP contribution is 2.30. The molecule has 1 atom stereocenters. The smallest absolute Gasteiger partial charge is 0.254 e. The summed E-state index contributed by atoms with van der Waals surface area (Å²) in [4.78, 5) is 32.4. The molecule has 0 radical (unpaired) electrons. The fraction of sp³-hybridized carbons (Fsp3) is 0.391. The molecule has 1 aliphatic rings. The van der Waals surface area contributed by atoms with Gasteiger partial charge in [0.1, 0.15) is 18.3 Å². The molecule has 33 heavy (non-hydrogen) atoms. The van der Waals surface area contributed by atoms with Crippen LogP contribution in [0.2, 0.25) is 0 Å². The van der Waals surface area contributed by atoms with Gasteiger partial charge in [-0.2, -0.15) is 10.1 Å². The minimum Gasteiger partial charge on any atom is -0.471 e. The van der Waals surface area contributed by atoms with Crippen LogP contribution in [0.4, 0.5) is 0 Å². The maximum absolute atomic E-state index is 12.9. The minimum atomic E-state index is -0.162. The Hall–Kier alpha value is -3.82. The second-order valence-electron chi connectivity index (χ2n) is 8.27. The van der Waals surface area contributed by atoms with Crippen LogP contribution in [0.5, 0.6) is 5.88 Å². The lowest BCUT2D eigenvalue weighted by atomic mass is 10.2. The number of hydrogen-bond donors (Lipinski definition) is 0. The topological polar surface area (TPSA) is 104 Å². The van der Waals surface area contributed by atoms with E-state index in [2.05, 4.69) is 27.0 Å². The molecule has 5 heterocycles. The van der Waals surface area contributed by atoms with Gasteiger partial charge in [-0.1, -0.05) is 0 Å². The first-order valence-electron chi connectivity index (χ1n) is 11.0. The van der Waals surface area contributed by atoms with E-state index in [0.29, 0.717) is 35.7 Å². The van der Waals surface area contributed by atoms with Crippen LogP contribution in [0.15, 0.2) is 30.9 Å². The summed E-state index contributed by atoms with van der Waals surface area (Å²) in [6, 6.07) is 3.55. The van der Waals surface area contributed by atoms with Gasteiger partial charge in [0.05, 0.1) is 18.3 Å². The third kappa shape index (κ3) is 3.71. The summed E-state index contributed by atoms with van der Waals surface area (Å²) in [6.45, 7) is 7.88. The van der Waals surface area contributed by atoms with Crippen LogP contribution >= 0.6 is 0 Å². The van der Waals surface area contributed by atoms with Crippen molar-refractivity contribution in [2.45, 2.75) is 39.8 Å². The fourth-order valence-corrected chi connectivity index (χ4v) is 4.32. The van der Waals surface area contributed by atoms with Crippen LogP contribution < -0.4 is 4.74 Å². The maximum atomic E-state index is 12.9. The molecule has 1 amide bonds. The number of likely N-dealkylation sites (tertiary alicyclic amines) is 1. The third-order valence-electron chi connectivity index (χ3n) is 6.12. The molecule has 1 fully saturated rings. The summed E-state index contributed by atoms with van der Waals surface area (Å²) >= 11 is 0. The summed E-state index contributed by atoms with van der Waals surface area (Å²) in [5.74, 6) is 1.19. The van der Waals surface area contributed by atoms with E-state index >= 15 is 0 Å². The summed E-state index contributed by atoms with van der Waals surface area (Å²) in [5, 5.41) is 4.44. The second kappa shape index (κ2) is 8.27. The molecule has 0 spiro atoms. The van der Waals surface area contributed by atoms with Crippen molar-refractivity contribution in [3.8, 4) is 17.3 Å². The lowest BCUT2D eigenvalue weighted by Crippen LogP contribution is -2.31. The number of ether oxygens (including phenoxy) is 1. The number of aromatic nitrogens is 7. The number of carbonyl (C=O) groups is 1. The average Bonchev–Trinajstić information content (AvgIpc) is 3.51. The number of hydrogen-bond acceptors (Lipinski definition) is 7. The first kappa shape index (κ1) is 21.0. The Balaban J connectivity index is 1.39. The predicted octanol–water partition coefficient (Wildman–Crippen LogP) is 2.55. The van der Waals surface area contributed by atoms with Gasteiger partial charge >= 0.3 is 0 Å². The summed E-state index contributed by atoms with van der Waals surface area (Å²) in [7, 11) is 1.93. The molecule has 1 saturated heterocycles. The quantitative estimate of drug-likeness (QED) is 0.464. The van der Waals surface area contributed by atoms with Crippen molar-refractivity contribution in [2.75, 3.05) is 13.1 Å². The zero-order valence-electron chi connectivity index (χ0n) is 19.2. The molecule has 10 nitrogen and oxygen atoms in total. The largest absolute Gasteiger partial charge is 0.471 e. The SMILES string of the molecule is CCn1ncc(-c2nc3c(OC4CCN(C(=O)c5ccnc(C)c5)C4)ncnc3n2C)c1C. The molecule has 1 unspecified atom stereocenters. The van der Waals surface area contributed by atoms with E-state index in [0.717, 1.165) is 35.7 Å². The van der Waals surface area contributed by atoms with Crippen molar-refractivity contribution in [3.05, 3.63) is 47.8 Å². The van der Waals surface area contributed by atoms with Gasteiger partial charge in [-0.25, -0.2) is 9.97 Å². The molecule has 4 aromatic rings. The number of carbonyl (C=O) groups excluding carboxylic acids is 1. The van der Waals surface area contributed by atoms with E-state index in [4.69, 9.17) is 9.72 Å². The maximum Gasteiger partial charge on any atom is 0.254 e. The van der Waals surface area contributed by atoms with E-state index in [1.807, 2.05) is 47.3 Å². The zero-order valence-corrected chi connectivity index (χ0v) is 19.2. The highest BCUT2D eigenvalue weighted by Gasteiger charge is 2.30. The third-order valence-corrected chi connectivity index (χ3v) is 6.12. The standard InChI is InChI=1S/C23H26N8O2/c1-5-31-15(3)18(11-27-31)20-28-19-21(29(20)4)25-13-26-22(19)33-17-7-9-30(12-17)23(32)16-6-8-24-14(2)10-16/h6,8,10-11,13,17H,5,7,9,12H2,1-4H3. The highest BCUT2D eigenvalue weighted by atomic mass is 16.5.